The second-order valence-corrected chi connectivity index (χ2v) is 4.06. The van der Waals surface area contributed by atoms with Gasteiger partial charge in [0, 0.05) is 25.2 Å². The van der Waals surface area contributed by atoms with Crippen LogP contribution in [0.1, 0.15) is 25.6 Å². The second kappa shape index (κ2) is 3.47. The smallest absolute Gasteiger partial charge is 0.104 e. The predicted molar refractivity (Wildman–Crippen MR) is 51.0 cm³/mol. The molecule has 4 heteroatoms. The number of hydrogen-bond donors (Lipinski definition) is 2. The highest BCUT2D eigenvalue weighted by Gasteiger charge is 2.29. The van der Waals surface area contributed by atoms with Crippen LogP contribution in [0.2, 0.25) is 0 Å². The Morgan fingerprint density at radius 2 is 2.31 bits per heavy atom. The highest BCUT2D eigenvalue weighted by Crippen LogP contribution is 2.30. The van der Waals surface area contributed by atoms with Gasteiger partial charge in [0.1, 0.15) is 6.10 Å². The van der Waals surface area contributed by atoms with Crippen LogP contribution in [-0.4, -0.2) is 21.2 Å². The first-order valence-electron chi connectivity index (χ1n) is 4.33. The highest BCUT2D eigenvalue weighted by molar-refractivity contribution is 5.05. The number of aryl methyl sites for hydroxylation is 1. The summed E-state index contributed by atoms with van der Waals surface area (Å²) in [5, 5.41) is 9.91. The van der Waals surface area contributed by atoms with Crippen molar-refractivity contribution in [1.29, 1.82) is 0 Å². The Labute approximate surface area is 78.4 Å². The van der Waals surface area contributed by atoms with Crippen LogP contribution >= 0.6 is 0 Å². The molecule has 3 N–H and O–H groups in total. The lowest BCUT2D eigenvalue weighted by Crippen LogP contribution is -2.30. The summed E-state index contributed by atoms with van der Waals surface area (Å²) >= 11 is 0. The Balaban J connectivity index is 2.84. The van der Waals surface area contributed by atoms with Crippen molar-refractivity contribution in [1.82, 2.24) is 9.55 Å². The summed E-state index contributed by atoms with van der Waals surface area (Å²) in [6, 6.07) is 0. The van der Waals surface area contributed by atoms with E-state index in [2.05, 4.69) is 4.98 Å². The van der Waals surface area contributed by atoms with E-state index in [-0.39, 0.29) is 5.41 Å². The summed E-state index contributed by atoms with van der Waals surface area (Å²) in [6.07, 6.45) is 2.88. The minimum Gasteiger partial charge on any atom is -0.386 e. The van der Waals surface area contributed by atoms with E-state index in [9.17, 15) is 5.11 Å². The maximum atomic E-state index is 9.91. The number of nitrogens with zero attached hydrogens (tertiary/aromatic N) is 2. The fraction of sp³-hybridized carbons (Fsp3) is 0.667. The molecule has 0 aliphatic heterocycles. The van der Waals surface area contributed by atoms with E-state index >= 15 is 0 Å². The van der Waals surface area contributed by atoms with Crippen molar-refractivity contribution in [3.05, 3.63) is 18.2 Å². The Hall–Kier alpha value is -0.870. The van der Waals surface area contributed by atoms with Crippen LogP contribution in [-0.2, 0) is 7.05 Å². The summed E-state index contributed by atoms with van der Waals surface area (Å²) in [6.45, 7) is 4.28. The summed E-state index contributed by atoms with van der Waals surface area (Å²) < 4.78 is 1.81. The lowest BCUT2D eigenvalue weighted by Gasteiger charge is -2.27. The predicted octanol–water partition coefficient (Wildman–Crippen LogP) is 0.438. The van der Waals surface area contributed by atoms with E-state index < -0.39 is 6.10 Å². The van der Waals surface area contributed by atoms with Gasteiger partial charge in [-0.3, -0.25) is 0 Å². The zero-order valence-corrected chi connectivity index (χ0v) is 8.36. The molecule has 0 saturated heterocycles. The van der Waals surface area contributed by atoms with Crippen molar-refractivity contribution in [2.45, 2.75) is 20.0 Å². The number of rotatable bonds is 3. The first kappa shape index (κ1) is 10.2. The zero-order valence-electron chi connectivity index (χ0n) is 8.36. The normalized spacial score (nSPS) is 14.5. The molecule has 0 saturated carbocycles. The first-order chi connectivity index (χ1) is 5.97. The van der Waals surface area contributed by atoms with E-state index in [0.717, 1.165) is 0 Å². The number of hydrogen-bond acceptors (Lipinski definition) is 3. The van der Waals surface area contributed by atoms with Gasteiger partial charge in [-0.1, -0.05) is 13.8 Å². The van der Waals surface area contributed by atoms with E-state index in [4.69, 9.17) is 5.73 Å². The van der Waals surface area contributed by atoms with Crippen molar-refractivity contribution in [2.24, 2.45) is 18.2 Å². The fourth-order valence-electron chi connectivity index (χ4n) is 1.09. The van der Waals surface area contributed by atoms with E-state index in [0.29, 0.717) is 12.2 Å². The van der Waals surface area contributed by atoms with Crippen LogP contribution in [0.4, 0.5) is 0 Å². The lowest BCUT2D eigenvalue weighted by molar-refractivity contribution is 0.0521. The van der Waals surface area contributed by atoms with Crippen LogP contribution in [0.5, 0.6) is 0 Å². The first-order valence-corrected chi connectivity index (χ1v) is 4.33. The van der Waals surface area contributed by atoms with E-state index in [1.54, 1.807) is 6.33 Å². The molecule has 0 fully saturated rings. The molecule has 1 rings (SSSR count). The molecule has 1 atom stereocenters. The highest BCUT2D eigenvalue weighted by atomic mass is 16.3. The average Bonchev–Trinajstić information content (AvgIpc) is 2.50. The molecule has 1 aromatic heterocycles. The number of aromatic nitrogens is 2. The molecule has 1 aromatic rings. The summed E-state index contributed by atoms with van der Waals surface area (Å²) in [4.78, 5) is 4.09. The van der Waals surface area contributed by atoms with Gasteiger partial charge in [0.2, 0.25) is 0 Å². The van der Waals surface area contributed by atoms with Crippen molar-refractivity contribution in [3.8, 4) is 0 Å². The molecule has 0 aromatic carbocycles. The molecule has 0 aliphatic rings. The Kier molecular flexibility index (Phi) is 2.73. The van der Waals surface area contributed by atoms with Gasteiger partial charge in [-0.25, -0.2) is 4.98 Å². The molecule has 74 valence electrons. The van der Waals surface area contributed by atoms with Gasteiger partial charge in [0.15, 0.2) is 0 Å². The van der Waals surface area contributed by atoms with Gasteiger partial charge < -0.3 is 15.4 Å². The third-order valence-corrected chi connectivity index (χ3v) is 2.27. The van der Waals surface area contributed by atoms with Gasteiger partial charge in [-0.05, 0) is 0 Å². The quantitative estimate of drug-likeness (QED) is 0.714. The van der Waals surface area contributed by atoms with Crippen molar-refractivity contribution in [2.75, 3.05) is 6.54 Å². The molecule has 0 radical (unpaired) electrons. The van der Waals surface area contributed by atoms with Crippen LogP contribution in [0.15, 0.2) is 12.5 Å². The minimum atomic E-state index is -0.598. The van der Waals surface area contributed by atoms with Crippen LogP contribution < -0.4 is 5.73 Å². The SMILES string of the molecule is Cn1cnc(C(O)C(C)(C)CN)c1. The molecule has 0 bridgehead atoms. The van der Waals surface area contributed by atoms with E-state index in [1.807, 2.05) is 31.7 Å². The minimum absolute atomic E-state index is 0.325. The van der Waals surface area contributed by atoms with Gasteiger partial charge in [-0.2, -0.15) is 0 Å². The zero-order chi connectivity index (χ0) is 10.1. The van der Waals surface area contributed by atoms with Gasteiger partial charge in [0.05, 0.1) is 12.0 Å². The summed E-state index contributed by atoms with van der Waals surface area (Å²) in [7, 11) is 1.87. The Morgan fingerprint density at radius 3 is 2.69 bits per heavy atom. The van der Waals surface area contributed by atoms with Crippen LogP contribution in [0.25, 0.3) is 0 Å². The third kappa shape index (κ3) is 2.08. The standard InChI is InChI=1S/C9H17N3O/c1-9(2,5-10)8(13)7-4-12(3)6-11-7/h4,6,8,13H,5,10H2,1-3H3. The third-order valence-electron chi connectivity index (χ3n) is 2.27. The lowest BCUT2D eigenvalue weighted by atomic mass is 9.85. The number of aliphatic hydroxyl groups is 1. The number of nitrogens with two attached hydrogens (primary N) is 1. The van der Waals surface area contributed by atoms with Crippen LogP contribution in [0, 0.1) is 5.41 Å². The molecule has 0 spiro atoms. The van der Waals surface area contributed by atoms with Crippen molar-refractivity contribution >= 4 is 0 Å². The molecule has 1 heterocycles. The average molecular weight is 183 g/mol. The van der Waals surface area contributed by atoms with Crippen molar-refractivity contribution in [3.63, 3.8) is 0 Å². The van der Waals surface area contributed by atoms with Gasteiger partial charge in [-0.15, -0.1) is 0 Å². The van der Waals surface area contributed by atoms with Crippen molar-refractivity contribution < 1.29 is 5.11 Å². The fourth-order valence-corrected chi connectivity index (χ4v) is 1.09. The van der Waals surface area contributed by atoms with E-state index in [1.165, 1.54) is 0 Å². The molecule has 1 unspecified atom stereocenters. The summed E-state index contributed by atoms with van der Waals surface area (Å²) in [5.41, 5.74) is 5.91. The molecule has 13 heavy (non-hydrogen) atoms. The van der Waals surface area contributed by atoms with Gasteiger partial charge in [0.25, 0.3) is 0 Å². The Morgan fingerprint density at radius 1 is 1.69 bits per heavy atom. The van der Waals surface area contributed by atoms with Crippen LogP contribution in [0.3, 0.4) is 0 Å². The van der Waals surface area contributed by atoms with Gasteiger partial charge >= 0.3 is 0 Å². The number of imidazole rings is 1. The maximum absolute atomic E-state index is 9.91. The molecule has 4 nitrogen and oxygen atoms in total. The molecular weight excluding hydrogens is 166 g/mol. The Bertz CT molecular complexity index is 280. The monoisotopic (exact) mass is 183 g/mol. The largest absolute Gasteiger partial charge is 0.386 e. The molecular formula is C9H17N3O. The second-order valence-electron chi connectivity index (χ2n) is 4.06. The molecule has 0 amide bonds. The topological polar surface area (TPSA) is 64.1 Å². The molecule has 0 aliphatic carbocycles. The maximum Gasteiger partial charge on any atom is 0.104 e. The summed E-state index contributed by atoms with van der Waals surface area (Å²) in [5.74, 6) is 0. The number of aliphatic hydroxyl groups excluding tert-OH is 1.